The van der Waals surface area contributed by atoms with Gasteiger partial charge in [-0.15, -0.1) is 0 Å². The molecule has 2 amide bonds. The molecule has 0 atom stereocenters. The molecule has 0 aliphatic heterocycles. The number of aryl methyl sites for hydroxylation is 1. The number of hydrogen-bond acceptors (Lipinski definition) is 3. The van der Waals surface area contributed by atoms with Crippen molar-refractivity contribution >= 4 is 33.4 Å². The molecule has 6 heteroatoms. The lowest BCUT2D eigenvalue weighted by Gasteiger charge is -2.08. The number of benzene rings is 1. The lowest BCUT2D eigenvalue weighted by atomic mass is 10.2. The maximum absolute atomic E-state index is 11.6. The Kier molecular flexibility index (Phi) is 5.80. The van der Waals surface area contributed by atoms with Gasteiger partial charge in [-0.3, -0.25) is 9.59 Å². The van der Waals surface area contributed by atoms with E-state index in [9.17, 15) is 9.59 Å². The lowest BCUT2D eigenvalue weighted by molar-refractivity contribution is -0.136. The van der Waals surface area contributed by atoms with Crippen molar-refractivity contribution < 1.29 is 14.7 Å². The van der Waals surface area contributed by atoms with Gasteiger partial charge in [0.2, 0.25) is 0 Å². The van der Waals surface area contributed by atoms with E-state index in [4.69, 9.17) is 5.11 Å². The van der Waals surface area contributed by atoms with Gasteiger partial charge in [-0.1, -0.05) is 6.07 Å². The van der Waals surface area contributed by atoms with Gasteiger partial charge in [-0.05, 0) is 47.0 Å². The summed E-state index contributed by atoms with van der Waals surface area (Å²) in [6.45, 7) is 2.15. The number of carbonyl (C=O) groups is 2. The van der Waals surface area contributed by atoms with Crippen LogP contribution in [0.2, 0.25) is 0 Å². The smallest absolute Gasteiger partial charge is 0.313 e. The van der Waals surface area contributed by atoms with Crippen molar-refractivity contribution in [2.45, 2.75) is 13.3 Å². The zero-order chi connectivity index (χ0) is 13.5. The van der Waals surface area contributed by atoms with Crippen LogP contribution in [0.5, 0.6) is 0 Å². The zero-order valence-corrected chi connectivity index (χ0v) is 11.6. The summed E-state index contributed by atoms with van der Waals surface area (Å²) in [5.74, 6) is -1.43. The summed E-state index contributed by atoms with van der Waals surface area (Å²) in [6.07, 6.45) is 0.424. The summed E-state index contributed by atoms with van der Waals surface area (Å²) in [6, 6.07) is 5.46. The van der Waals surface area contributed by atoms with Gasteiger partial charge < -0.3 is 15.7 Å². The number of hydrogen-bond donors (Lipinski definition) is 3. The summed E-state index contributed by atoms with van der Waals surface area (Å²) < 4.78 is 0.713. The average molecular weight is 315 g/mol. The highest BCUT2D eigenvalue weighted by Gasteiger charge is 2.14. The fraction of sp³-hybridized carbons (Fsp3) is 0.333. The minimum absolute atomic E-state index is 0.0225. The largest absolute Gasteiger partial charge is 0.396 e. The Morgan fingerprint density at radius 1 is 1.33 bits per heavy atom. The van der Waals surface area contributed by atoms with Crippen LogP contribution in [0.25, 0.3) is 0 Å². The highest BCUT2D eigenvalue weighted by atomic mass is 79.9. The number of anilines is 1. The van der Waals surface area contributed by atoms with E-state index in [1.54, 1.807) is 12.1 Å². The summed E-state index contributed by atoms with van der Waals surface area (Å²) in [5, 5.41) is 13.5. The first kappa shape index (κ1) is 14.7. The molecule has 18 heavy (non-hydrogen) atoms. The molecule has 0 bridgehead atoms. The van der Waals surface area contributed by atoms with Gasteiger partial charge in [0.1, 0.15) is 0 Å². The highest BCUT2D eigenvalue weighted by Crippen LogP contribution is 2.23. The topological polar surface area (TPSA) is 78.4 Å². The first-order chi connectivity index (χ1) is 8.54. The second-order valence-corrected chi connectivity index (χ2v) is 4.62. The summed E-state index contributed by atoms with van der Waals surface area (Å²) in [4.78, 5) is 23.0. The third-order valence-corrected chi connectivity index (χ3v) is 2.89. The van der Waals surface area contributed by atoms with E-state index in [0.717, 1.165) is 5.56 Å². The van der Waals surface area contributed by atoms with Crippen LogP contribution in [-0.2, 0) is 9.59 Å². The van der Waals surface area contributed by atoms with E-state index in [1.807, 2.05) is 13.0 Å². The van der Waals surface area contributed by atoms with Gasteiger partial charge >= 0.3 is 11.8 Å². The predicted octanol–water partition coefficient (Wildman–Crippen LogP) is 1.19. The van der Waals surface area contributed by atoms with Crippen LogP contribution in [0.3, 0.4) is 0 Å². The Hall–Kier alpha value is -1.40. The lowest BCUT2D eigenvalue weighted by Crippen LogP contribution is -2.36. The van der Waals surface area contributed by atoms with Crippen molar-refractivity contribution in [2.75, 3.05) is 18.5 Å². The quantitative estimate of drug-likeness (QED) is 0.577. The van der Waals surface area contributed by atoms with Gasteiger partial charge in [0.15, 0.2) is 0 Å². The van der Waals surface area contributed by atoms with Gasteiger partial charge in [-0.25, -0.2) is 0 Å². The van der Waals surface area contributed by atoms with E-state index < -0.39 is 11.8 Å². The first-order valence-corrected chi connectivity index (χ1v) is 6.30. The molecule has 0 unspecified atom stereocenters. The normalized spacial score (nSPS) is 9.94. The van der Waals surface area contributed by atoms with Crippen LogP contribution >= 0.6 is 15.9 Å². The molecule has 5 nitrogen and oxygen atoms in total. The van der Waals surface area contributed by atoms with Crippen LogP contribution in [0, 0.1) is 6.92 Å². The fourth-order valence-corrected chi connectivity index (χ4v) is 1.62. The van der Waals surface area contributed by atoms with Gasteiger partial charge in [0.05, 0.1) is 5.69 Å². The molecule has 0 aliphatic rings. The van der Waals surface area contributed by atoms with Crippen molar-refractivity contribution in [3.8, 4) is 0 Å². The zero-order valence-electron chi connectivity index (χ0n) is 10.00. The Morgan fingerprint density at radius 2 is 2.06 bits per heavy atom. The predicted molar refractivity (Wildman–Crippen MR) is 72.2 cm³/mol. The maximum Gasteiger partial charge on any atom is 0.313 e. The minimum atomic E-state index is -0.723. The third-order valence-electron chi connectivity index (χ3n) is 2.20. The van der Waals surface area contributed by atoms with Crippen molar-refractivity contribution in [3.63, 3.8) is 0 Å². The SMILES string of the molecule is Cc1ccc(Br)c(NC(=O)C(=O)NCCCO)c1. The van der Waals surface area contributed by atoms with Crippen molar-refractivity contribution in [1.29, 1.82) is 0 Å². The molecule has 0 spiro atoms. The molecule has 0 aliphatic carbocycles. The highest BCUT2D eigenvalue weighted by molar-refractivity contribution is 9.10. The molecule has 0 radical (unpaired) electrons. The van der Waals surface area contributed by atoms with Crippen LogP contribution in [-0.4, -0.2) is 30.1 Å². The molecular formula is C12H15BrN2O3. The molecule has 98 valence electrons. The molecule has 0 fully saturated rings. The minimum Gasteiger partial charge on any atom is -0.396 e. The molecule has 0 saturated heterocycles. The molecule has 0 heterocycles. The third kappa shape index (κ3) is 4.46. The number of aliphatic hydroxyl groups is 1. The van der Waals surface area contributed by atoms with E-state index in [1.165, 1.54) is 0 Å². The molecule has 1 aromatic rings. The van der Waals surface area contributed by atoms with Crippen LogP contribution in [0.15, 0.2) is 22.7 Å². The molecule has 3 N–H and O–H groups in total. The Labute approximate surface area is 114 Å². The number of rotatable bonds is 4. The fourth-order valence-electron chi connectivity index (χ4n) is 1.28. The van der Waals surface area contributed by atoms with Crippen LogP contribution < -0.4 is 10.6 Å². The second kappa shape index (κ2) is 7.13. The monoisotopic (exact) mass is 314 g/mol. The van der Waals surface area contributed by atoms with Crippen LogP contribution in [0.1, 0.15) is 12.0 Å². The standard InChI is InChI=1S/C12H15BrN2O3/c1-8-3-4-9(13)10(7-8)15-12(18)11(17)14-5-2-6-16/h3-4,7,16H,2,5-6H2,1H3,(H,14,17)(H,15,18). The van der Waals surface area contributed by atoms with Crippen molar-refractivity contribution in [3.05, 3.63) is 28.2 Å². The van der Waals surface area contributed by atoms with Gasteiger partial charge in [0.25, 0.3) is 0 Å². The van der Waals surface area contributed by atoms with E-state index >= 15 is 0 Å². The van der Waals surface area contributed by atoms with E-state index in [0.29, 0.717) is 16.6 Å². The summed E-state index contributed by atoms with van der Waals surface area (Å²) >= 11 is 3.29. The molecule has 1 rings (SSSR count). The molecular weight excluding hydrogens is 300 g/mol. The maximum atomic E-state index is 11.6. The van der Waals surface area contributed by atoms with Crippen LogP contribution in [0.4, 0.5) is 5.69 Å². The van der Waals surface area contributed by atoms with Crippen molar-refractivity contribution in [1.82, 2.24) is 5.32 Å². The van der Waals surface area contributed by atoms with Gasteiger partial charge in [0, 0.05) is 17.6 Å². The summed E-state index contributed by atoms with van der Waals surface area (Å²) in [5.41, 5.74) is 1.53. The van der Waals surface area contributed by atoms with Gasteiger partial charge in [-0.2, -0.15) is 0 Å². The Morgan fingerprint density at radius 3 is 2.72 bits per heavy atom. The average Bonchev–Trinajstić information content (AvgIpc) is 2.34. The Balaban J connectivity index is 2.58. The number of amides is 2. The number of aliphatic hydroxyl groups excluding tert-OH is 1. The molecule has 0 aromatic heterocycles. The van der Waals surface area contributed by atoms with Crippen molar-refractivity contribution in [2.24, 2.45) is 0 Å². The summed E-state index contributed by atoms with van der Waals surface area (Å²) in [7, 11) is 0. The molecule has 1 aromatic carbocycles. The molecule has 0 saturated carbocycles. The second-order valence-electron chi connectivity index (χ2n) is 3.77. The number of carbonyl (C=O) groups excluding carboxylic acids is 2. The number of nitrogens with one attached hydrogen (secondary N) is 2. The Bertz CT molecular complexity index is 449. The first-order valence-electron chi connectivity index (χ1n) is 5.51. The van der Waals surface area contributed by atoms with E-state index in [-0.39, 0.29) is 13.2 Å². The van der Waals surface area contributed by atoms with E-state index in [2.05, 4.69) is 26.6 Å². The number of halogens is 1.